The number of anilines is 1. The molecular weight excluding hydrogens is 256 g/mol. The van der Waals surface area contributed by atoms with Crippen LogP contribution >= 0.6 is 0 Å². The van der Waals surface area contributed by atoms with Gasteiger partial charge in [-0.05, 0) is 25.5 Å². The highest BCUT2D eigenvalue weighted by molar-refractivity contribution is 5.81. The molecule has 0 aliphatic rings. The van der Waals surface area contributed by atoms with E-state index >= 15 is 0 Å². The summed E-state index contributed by atoms with van der Waals surface area (Å²) in [7, 11) is 3.39. The largest absolute Gasteiger partial charge is 0.496 e. The molecule has 0 saturated heterocycles. The van der Waals surface area contributed by atoms with Crippen molar-refractivity contribution in [2.45, 2.75) is 26.4 Å². The van der Waals surface area contributed by atoms with E-state index in [1.807, 2.05) is 31.0 Å². The van der Waals surface area contributed by atoms with Gasteiger partial charge in [-0.25, -0.2) is 0 Å². The minimum absolute atomic E-state index is 0.0336. The zero-order valence-corrected chi connectivity index (χ0v) is 12.6. The number of nitrogens with zero attached hydrogens (tertiary/aromatic N) is 1. The van der Waals surface area contributed by atoms with Crippen molar-refractivity contribution in [3.8, 4) is 5.75 Å². The molecule has 0 aliphatic heterocycles. The van der Waals surface area contributed by atoms with Crippen molar-refractivity contribution in [3.05, 3.63) is 23.8 Å². The predicted molar refractivity (Wildman–Crippen MR) is 80.2 cm³/mol. The molecule has 5 nitrogen and oxygen atoms in total. The van der Waals surface area contributed by atoms with Crippen LogP contribution in [0.1, 0.15) is 31.9 Å². The van der Waals surface area contributed by atoms with Gasteiger partial charge in [0.15, 0.2) is 0 Å². The third-order valence-electron chi connectivity index (χ3n) is 3.04. The van der Waals surface area contributed by atoms with Gasteiger partial charge in [0.05, 0.1) is 19.8 Å². The summed E-state index contributed by atoms with van der Waals surface area (Å²) in [4.78, 5) is 13.6. The van der Waals surface area contributed by atoms with Gasteiger partial charge >= 0.3 is 0 Å². The summed E-state index contributed by atoms with van der Waals surface area (Å²) in [6.07, 6.45) is 0.246. The zero-order valence-electron chi connectivity index (χ0n) is 12.6. The van der Waals surface area contributed by atoms with Crippen molar-refractivity contribution in [1.29, 1.82) is 0 Å². The van der Waals surface area contributed by atoms with Crippen LogP contribution in [0.3, 0.4) is 0 Å². The smallest absolute Gasteiger partial charge is 0.239 e. The van der Waals surface area contributed by atoms with Crippen LogP contribution in [0, 0.1) is 0 Å². The Balaban J connectivity index is 2.92. The van der Waals surface area contributed by atoms with Crippen molar-refractivity contribution in [1.82, 2.24) is 5.32 Å². The van der Waals surface area contributed by atoms with E-state index in [0.29, 0.717) is 17.9 Å². The SMILES string of the molecule is CCCNC(=O)CN(C)c1cccc(OC)c1C(C)O. The van der Waals surface area contributed by atoms with Crippen LogP contribution < -0.4 is 15.0 Å². The number of ether oxygens (including phenoxy) is 1. The molecule has 1 unspecified atom stereocenters. The Kier molecular flexibility index (Phi) is 6.31. The van der Waals surface area contributed by atoms with Crippen molar-refractivity contribution in [2.75, 3.05) is 32.1 Å². The second-order valence-electron chi connectivity index (χ2n) is 4.78. The van der Waals surface area contributed by atoms with Gasteiger partial charge in [0.25, 0.3) is 0 Å². The number of nitrogens with one attached hydrogen (secondary N) is 1. The molecule has 0 bridgehead atoms. The Hall–Kier alpha value is -1.75. The monoisotopic (exact) mass is 280 g/mol. The lowest BCUT2D eigenvalue weighted by Crippen LogP contribution is -2.36. The van der Waals surface area contributed by atoms with E-state index in [2.05, 4.69) is 5.32 Å². The first-order chi connectivity index (χ1) is 9.51. The number of hydrogen-bond acceptors (Lipinski definition) is 4. The number of aliphatic hydroxyl groups is 1. The Labute approximate surface area is 120 Å². The summed E-state index contributed by atoms with van der Waals surface area (Å²) in [5, 5.41) is 12.8. The van der Waals surface area contributed by atoms with Crippen LogP contribution in [-0.4, -0.2) is 38.3 Å². The molecular formula is C15H24N2O3. The number of amides is 1. The topological polar surface area (TPSA) is 61.8 Å². The fourth-order valence-electron chi connectivity index (χ4n) is 2.08. The average molecular weight is 280 g/mol. The molecule has 1 atom stereocenters. The van der Waals surface area contributed by atoms with Crippen molar-refractivity contribution < 1.29 is 14.6 Å². The number of hydrogen-bond donors (Lipinski definition) is 2. The maximum atomic E-state index is 11.8. The normalized spacial score (nSPS) is 11.8. The van der Waals surface area contributed by atoms with Crippen LogP contribution in [0.2, 0.25) is 0 Å². The molecule has 0 fully saturated rings. The molecule has 2 N–H and O–H groups in total. The van der Waals surface area contributed by atoms with Gasteiger partial charge in [-0.15, -0.1) is 0 Å². The van der Waals surface area contributed by atoms with E-state index in [4.69, 9.17) is 4.74 Å². The van der Waals surface area contributed by atoms with Gasteiger partial charge < -0.3 is 20.1 Å². The number of rotatable bonds is 7. The molecule has 0 aromatic heterocycles. The van der Waals surface area contributed by atoms with Gasteiger partial charge in [0, 0.05) is 24.8 Å². The molecule has 0 heterocycles. The quantitative estimate of drug-likeness (QED) is 0.798. The lowest BCUT2D eigenvalue weighted by atomic mass is 10.1. The molecule has 0 saturated carbocycles. The molecule has 0 aliphatic carbocycles. The summed E-state index contributed by atoms with van der Waals surface area (Å²) in [5.74, 6) is 0.590. The molecule has 20 heavy (non-hydrogen) atoms. The van der Waals surface area contributed by atoms with Gasteiger partial charge in [-0.3, -0.25) is 4.79 Å². The predicted octanol–water partition coefficient (Wildman–Crippen LogP) is 1.71. The maximum Gasteiger partial charge on any atom is 0.239 e. The third kappa shape index (κ3) is 4.13. The summed E-state index contributed by atoms with van der Waals surface area (Å²) >= 11 is 0. The number of benzene rings is 1. The molecule has 112 valence electrons. The Bertz CT molecular complexity index is 447. The molecule has 1 aromatic rings. The summed E-state index contributed by atoms with van der Waals surface area (Å²) in [6, 6.07) is 5.52. The van der Waals surface area contributed by atoms with Crippen LogP contribution in [-0.2, 0) is 4.79 Å². The van der Waals surface area contributed by atoms with Gasteiger partial charge in [-0.1, -0.05) is 13.0 Å². The zero-order chi connectivity index (χ0) is 15.1. The number of likely N-dealkylation sites (N-methyl/N-ethyl adjacent to an activating group) is 1. The van der Waals surface area contributed by atoms with Gasteiger partial charge in [0.1, 0.15) is 5.75 Å². The Morgan fingerprint density at radius 1 is 1.50 bits per heavy atom. The molecule has 5 heteroatoms. The number of carbonyl (C=O) groups is 1. The standard InChI is InChI=1S/C15H24N2O3/c1-5-9-16-14(19)10-17(3)12-7-6-8-13(20-4)15(12)11(2)18/h6-8,11,18H,5,9-10H2,1-4H3,(H,16,19). The second kappa shape index (κ2) is 7.75. The molecule has 1 aromatic carbocycles. The highest BCUT2D eigenvalue weighted by Gasteiger charge is 2.18. The maximum absolute atomic E-state index is 11.8. The van der Waals surface area contributed by atoms with E-state index in [0.717, 1.165) is 12.1 Å². The van der Waals surface area contributed by atoms with Crippen molar-refractivity contribution in [3.63, 3.8) is 0 Å². The lowest BCUT2D eigenvalue weighted by Gasteiger charge is -2.24. The van der Waals surface area contributed by atoms with E-state index < -0.39 is 6.10 Å². The highest BCUT2D eigenvalue weighted by atomic mass is 16.5. The van der Waals surface area contributed by atoms with Crippen LogP contribution in [0.15, 0.2) is 18.2 Å². The average Bonchev–Trinajstić information content (AvgIpc) is 2.43. The summed E-state index contributed by atoms with van der Waals surface area (Å²) < 4.78 is 5.28. The van der Waals surface area contributed by atoms with Crippen LogP contribution in [0.5, 0.6) is 5.75 Å². The lowest BCUT2D eigenvalue weighted by molar-refractivity contribution is -0.119. The first kappa shape index (κ1) is 16.3. The highest BCUT2D eigenvalue weighted by Crippen LogP contribution is 2.33. The third-order valence-corrected chi connectivity index (χ3v) is 3.04. The minimum Gasteiger partial charge on any atom is -0.496 e. The first-order valence-corrected chi connectivity index (χ1v) is 6.84. The van der Waals surface area contributed by atoms with Gasteiger partial charge in [0.2, 0.25) is 5.91 Å². The second-order valence-corrected chi connectivity index (χ2v) is 4.78. The Morgan fingerprint density at radius 3 is 2.75 bits per heavy atom. The van der Waals surface area contributed by atoms with E-state index in [1.165, 1.54) is 0 Å². The molecule has 1 amide bonds. The van der Waals surface area contributed by atoms with Crippen molar-refractivity contribution >= 4 is 11.6 Å². The molecule has 0 radical (unpaired) electrons. The number of aliphatic hydroxyl groups excluding tert-OH is 1. The van der Waals surface area contributed by atoms with E-state index in [1.54, 1.807) is 20.1 Å². The minimum atomic E-state index is -0.665. The number of methoxy groups -OCH3 is 1. The fourth-order valence-corrected chi connectivity index (χ4v) is 2.08. The van der Waals surface area contributed by atoms with E-state index in [-0.39, 0.29) is 12.5 Å². The fraction of sp³-hybridized carbons (Fsp3) is 0.533. The van der Waals surface area contributed by atoms with Gasteiger partial charge in [-0.2, -0.15) is 0 Å². The summed E-state index contributed by atoms with van der Waals surface area (Å²) in [6.45, 7) is 4.62. The first-order valence-electron chi connectivity index (χ1n) is 6.84. The van der Waals surface area contributed by atoms with E-state index in [9.17, 15) is 9.90 Å². The summed E-state index contributed by atoms with van der Waals surface area (Å²) in [5.41, 5.74) is 1.49. The molecule has 1 rings (SSSR count). The van der Waals surface area contributed by atoms with Crippen molar-refractivity contribution in [2.24, 2.45) is 0 Å². The molecule has 0 spiro atoms. The Morgan fingerprint density at radius 2 is 2.20 bits per heavy atom. The number of carbonyl (C=O) groups excluding carboxylic acids is 1. The van der Waals surface area contributed by atoms with Crippen LogP contribution in [0.4, 0.5) is 5.69 Å². The van der Waals surface area contributed by atoms with Crippen LogP contribution in [0.25, 0.3) is 0 Å².